The zero-order valence-electron chi connectivity index (χ0n) is 9.79. The Morgan fingerprint density at radius 3 is 2.28 bits per heavy atom. The van der Waals surface area contributed by atoms with Crippen molar-refractivity contribution < 1.29 is 18.0 Å². The minimum atomic E-state index is -4.36. The van der Waals surface area contributed by atoms with Gasteiger partial charge in [0.05, 0.1) is 12.0 Å². The van der Waals surface area contributed by atoms with E-state index in [0.29, 0.717) is 12.1 Å². The van der Waals surface area contributed by atoms with E-state index < -0.39 is 17.6 Å². The lowest BCUT2D eigenvalue weighted by Gasteiger charge is -2.16. The smallest absolute Gasteiger partial charge is 0.382 e. The third kappa shape index (κ3) is 4.27. The molecule has 1 rings (SSSR count). The maximum atomic E-state index is 12.3. The fraction of sp³-hybridized carbons (Fsp3) is 0.417. The molecule has 0 aromatic heterocycles. The van der Waals surface area contributed by atoms with Crippen molar-refractivity contribution in [1.82, 2.24) is 5.73 Å². The van der Waals surface area contributed by atoms with Crippen molar-refractivity contribution in [2.75, 3.05) is 5.32 Å². The number of halogens is 3. The maximum Gasteiger partial charge on any atom is 0.416 e. The van der Waals surface area contributed by atoms with Crippen LogP contribution in [-0.2, 0) is 11.0 Å². The van der Waals surface area contributed by atoms with Crippen LogP contribution in [0.4, 0.5) is 18.9 Å². The normalized spacial score (nSPS) is 13.1. The molecule has 3 nitrogen and oxygen atoms in total. The first kappa shape index (κ1) is 14.3. The summed E-state index contributed by atoms with van der Waals surface area (Å²) >= 11 is 0. The Morgan fingerprint density at radius 2 is 1.89 bits per heavy atom. The predicted molar refractivity (Wildman–Crippen MR) is 60.9 cm³/mol. The van der Waals surface area contributed by atoms with Crippen molar-refractivity contribution in [3.05, 3.63) is 29.8 Å². The van der Waals surface area contributed by atoms with E-state index in [0.717, 1.165) is 12.1 Å². The van der Waals surface area contributed by atoms with Gasteiger partial charge < -0.3 is 5.32 Å². The van der Waals surface area contributed by atoms with E-state index in [2.05, 4.69) is 5.32 Å². The molecule has 1 atom stereocenters. The molecule has 0 saturated carbocycles. The average Bonchev–Trinajstić information content (AvgIpc) is 2.27. The molecule has 0 fully saturated rings. The molecular formula is C12H13F3N2O. The lowest BCUT2D eigenvalue weighted by molar-refractivity contribution is -0.137. The van der Waals surface area contributed by atoms with Gasteiger partial charge in [-0.1, -0.05) is 6.92 Å². The van der Waals surface area contributed by atoms with Crippen molar-refractivity contribution in [1.29, 1.82) is 0 Å². The molecule has 0 saturated heterocycles. The fourth-order valence-corrected chi connectivity index (χ4v) is 1.50. The second-order valence-electron chi connectivity index (χ2n) is 3.92. The largest absolute Gasteiger partial charge is 0.416 e. The number of nitrogens with zero attached hydrogens (tertiary/aromatic N) is 1. The van der Waals surface area contributed by atoms with E-state index >= 15 is 0 Å². The highest BCUT2D eigenvalue weighted by Crippen LogP contribution is 2.30. The van der Waals surface area contributed by atoms with E-state index in [-0.39, 0.29) is 12.5 Å². The first-order valence-corrected chi connectivity index (χ1v) is 5.48. The number of amides is 1. The van der Waals surface area contributed by atoms with Gasteiger partial charge in [0.1, 0.15) is 0 Å². The maximum absolute atomic E-state index is 12.3. The van der Waals surface area contributed by atoms with Crippen LogP contribution in [0.5, 0.6) is 0 Å². The quantitative estimate of drug-likeness (QED) is 0.882. The van der Waals surface area contributed by atoms with Crippen LogP contribution >= 0.6 is 0 Å². The number of nitrogens with one attached hydrogen (secondary N) is 1. The van der Waals surface area contributed by atoms with Crippen LogP contribution in [0.1, 0.15) is 25.3 Å². The molecular weight excluding hydrogens is 245 g/mol. The number of hydrogen-bond acceptors (Lipinski definition) is 2. The van der Waals surface area contributed by atoms with Crippen molar-refractivity contribution in [3.63, 3.8) is 0 Å². The van der Waals surface area contributed by atoms with Crippen molar-refractivity contribution >= 4 is 11.6 Å². The predicted octanol–water partition coefficient (Wildman–Crippen LogP) is 2.88. The molecule has 0 unspecified atom stereocenters. The zero-order chi connectivity index (χ0) is 13.8. The summed E-state index contributed by atoms with van der Waals surface area (Å²) in [6.07, 6.45) is -3.85. The summed E-state index contributed by atoms with van der Waals surface area (Å²) in [7, 11) is 0. The molecule has 0 aliphatic heterocycles. The van der Waals surface area contributed by atoms with Gasteiger partial charge in [-0.3, -0.25) is 4.79 Å². The number of alkyl halides is 3. The van der Waals surface area contributed by atoms with Gasteiger partial charge in [0.2, 0.25) is 0 Å². The number of carbonyl (C=O) groups is 1. The van der Waals surface area contributed by atoms with Crippen LogP contribution in [0.25, 0.3) is 0 Å². The molecule has 1 aromatic carbocycles. The lowest BCUT2D eigenvalue weighted by Crippen LogP contribution is -2.22. The zero-order valence-corrected chi connectivity index (χ0v) is 9.79. The van der Waals surface area contributed by atoms with Gasteiger partial charge in [-0.05, 0) is 30.7 Å². The van der Waals surface area contributed by atoms with E-state index in [1.807, 2.05) is 6.92 Å². The van der Waals surface area contributed by atoms with Gasteiger partial charge in [0.25, 0.3) is 5.91 Å². The minimum Gasteiger partial charge on any atom is -0.382 e. The number of rotatable bonds is 5. The second-order valence-corrected chi connectivity index (χ2v) is 3.92. The topological polar surface area (TPSA) is 51.4 Å². The van der Waals surface area contributed by atoms with Crippen LogP contribution in [0.2, 0.25) is 0 Å². The van der Waals surface area contributed by atoms with Crippen LogP contribution in [0, 0.1) is 0 Å². The third-order valence-corrected chi connectivity index (χ3v) is 2.50. The molecule has 1 amide bonds. The van der Waals surface area contributed by atoms with Crippen molar-refractivity contribution in [2.24, 2.45) is 0 Å². The van der Waals surface area contributed by atoms with E-state index in [9.17, 15) is 18.0 Å². The van der Waals surface area contributed by atoms with Crippen LogP contribution in [-0.4, -0.2) is 11.9 Å². The highest BCUT2D eigenvalue weighted by atomic mass is 19.4. The summed E-state index contributed by atoms with van der Waals surface area (Å²) in [4.78, 5) is 10.6. The molecule has 2 radical (unpaired) electrons. The van der Waals surface area contributed by atoms with Gasteiger partial charge in [0, 0.05) is 11.7 Å². The Kier molecular flexibility index (Phi) is 4.58. The number of carbonyl (C=O) groups excluding carboxylic acids is 1. The average molecular weight is 258 g/mol. The SMILES string of the molecule is CC[C@H](CC([N])=O)Nc1ccc(C(F)(F)F)cc1. The molecule has 1 aromatic rings. The van der Waals surface area contributed by atoms with Crippen molar-refractivity contribution in [2.45, 2.75) is 32.0 Å². The molecule has 18 heavy (non-hydrogen) atoms. The van der Waals surface area contributed by atoms with Crippen LogP contribution in [0.15, 0.2) is 24.3 Å². The van der Waals surface area contributed by atoms with E-state index in [1.165, 1.54) is 12.1 Å². The number of anilines is 1. The Bertz CT molecular complexity index is 401. The van der Waals surface area contributed by atoms with Gasteiger partial charge in [0.15, 0.2) is 0 Å². The van der Waals surface area contributed by atoms with Crippen LogP contribution < -0.4 is 11.1 Å². The Hall–Kier alpha value is -1.72. The monoisotopic (exact) mass is 258 g/mol. The molecule has 0 spiro atoms. The van der Waals surface area contributed by atoms with Gasteiger partial charge in [-0.15, -0.1) is 5.73 Å². The molecule has 98 valence electrons. The Morgan fingerprint density at radius 1 is 1.33 bits per heavy atom. The lowest BCUT2D eigenvalue weighted by atomic mass is 10.1. The molecule has 0 aliphatic rings. The molecule has 1 N–H and O–H groups in total. The molecule has 6 heteroatoms. The number of hydrogen-bond donors (Lipinski definition) is 1. The summed E-state index contributed by atoms with van der Waals surface area (Å²) in [5, 5.41) is 2.89. The first-order chi connectivity index (χ1) is 8.32. The number of benzene rings is 1. The van der Waals surface area contributed by atoms with Crippen LogP contribution in [0.3, 0.4) is 0 Å². The summed E-state index contributed by atoms with van der Waals surface area (Å²) < 4.78 is 37.0. The summed E-state index contributed by atoms with van der Waals surface area (Å²) in [6.45, 7) is 1.81. The van der Waals surface area contributed by atoms with Gasteiger partial charge in [-0.25, -0.2) is 0 Å². The van der Waals surface area contributed by atoms with E-state index in [4.69, 9.17) is 5.73 Å². The third-order valence-electron chi connectivity index (χ3n) is 2.50. The Balaban J connectivity index is 2.71. The molecule has 0 heterocycles. The summed E-state index contributed by atoms with van der Waals surface area (Å²) in [5.74, 6) is -0.943. The molecule has 0 bridgehead atoms. The van der Waals surface area contributed by atoms with Gasteiger partial charge in [-0.2, -0.15) is 13.2 Å². The highest BCUT2D eigenvalue weighted by molar-refractivity contribution is 5.74. The van der Waals surface area contributed by atoms with Gasteiger partial charge >= 0.3 is 6.18 Å². The first-order valence-electron chi connectivity index (χ1n) is 5.48. The fourth-order valence-electron chi connectivity index (χ4n) is 1.50. The Labute approximate surface area is 103 Å². The minimum absolute atomic E-state index is 0.0719. The second kappa shape index (κ2) is 5.75. The molecule has 0 aliphatic carbocycles. The highest BCUT2D eigenvalue weighted by Gasteiger charge is 2.29. The summed E-state index contributed by atoms with van der Waals surface area (Å²) in [5.41, 5.74) is 8.41. The van der Waals surface area contributed by atoms with Crippen molar-refractivity contribution in [3.8, 4) is 0 Å². The standard InChI is InChI=1S/C12H13F3N2O/c1-2-9(7-11(16)18)17-10-5-3-8(4-6-10)12(13,14)15/h3-6,9,17H,2,7H2,1H3/t9-/m1/s1. The van der Waals surface area contributed by atoms with E-state index in [1.54, 1.807) is 0 Å². The summed E-state index contributed by atoms with van der Waals surface area (Å²) in [6, 6.07) is 4.24.